The summed E-state index contributed by atoms with van der Waals surface area (Å²) >= 11 is 0. The third-order valence-electron chi connectivity index (χ3n) is 4.60. The molecule has 0 aliphatic heterocycles. The van der Waals surface area contributed by atoms with E-state index in [0.29, 0.717) is 16.8 Å². The van der Waals surface area contributed by atoms with E-state index in [9.17, 15) is 18.8 Å². The molecule has 28 heavy (non-hydrogen) atoms. The molecule has 0 saturated carbocycles. The van der Waals surface area contributed by atoms with Crippen LogP contribution in [-0.4, -0.2) is 47.2 Å². The first-order chi connectivity index (χ1) is 13.2. The number of nitrogens with one attached hydrogen (secondary N) is 1. The van der Waals surface area contributed by atoms with E-state index in [4.69, 9.17) is 4.74 Å². The van der Waals surface area contributed by atoms with Crippen molar-refractivity contribution in [3.05, 3.63) is 70.8 Å². The van der Waals surface area contributed by atoms with Crippen LogP contribution in [0.2, 0.25) is 0 Å². The van der Waals surface area contributed by atoms with Gasteiger partial charge in [-0.3, -0.25) is 9.59 Å². The highest BCUT2D eigenvalue weighted by molar-refractivity contribution is 6.07. The van der Waals surface area contributed by atoms with E-state index in [0.717, 1.165) is 0 Å². The average molecular weight is 386 g/mol. The zero-order chi connectivity index (χ0) is 21.0. The second kappa shape index (κ2) is 8.65. The fraction of sp³-hybridized carbons (Fsp3) is 0.286. The van der Waals surface area contributed by atoms with Crippen LogP contribution in [0.5, 0.6) is 0 Å². The monoisotopic (exact) mass is 386 g/mol. The maximum Gasteiger partial charge on any atom is 0.354 e. The second-order valence-electron chi connectivity index (χ2n) is 6.41. The van der Waals surface area contributed by atoms with E-state index >= 15 is 0 Å². The number of nitrogens with zero attached hydrogens (tertiary/aromatic N) is 1. The number of carbonyl (C=O) groups is 3. The number of esters is 1. The fourth-order valence-electron chi connectivity index (χ4n) is 3.09. The molecular formula is C21H23FN2O4. The number of benzene rings is 1. The molecule has 1 amide bonds. The third-order valence-corrected chi connectivity index (χ3v) is 4.60. The number of ketones is 1. The lowest BCUT2D eigenvalue weighted by atomic mass is 9.99. The normalized spacial score (nSPS) is 11.6. The Morgan fingerprint density at radius 3 is 2.39 bits per heavy atom. The van der Waals surface area contributed by atoms with Crippen LogP contribution in [0.15, 0.2) is 36.9 Å². The molecule has 7 heteroatoms. The number of aromatic nitrogens is 1. The van der Waals surface area contributed by atoms with Gasteiger partial charge in [0.05, 0.1) is 13.2 Å². The summed E-state index contributed by atoms with van der Waals surface area (Å²) in [6.07, 6.45) is 1.52. The van der Waals surface area contributed by atoms with Crippen molar-refractivity contribution in [2.24, 2.45) is 0 Å². The smallest absolute Gasteiger partial charge is 0.354 e. The van der Waals surface area contributed by atoms with Gasteiger partial charge < -0.3 is 14.6 Å². The number of carbonyl (C=O) groups excluding carboxylic acids is 3. The number of methoxy groups -OCH3 is 1. The van der Waals surface area contributed by atoms with Crippen molar-refractivity contribution in [2.75, 3.05) is 13.7 Å². The summed E-state index contributed by atoms with van der Waals surface area (Å²) in [5.74, 6) is -1.76. The van der Waals surface area contributed by atoms with Crippen LogP contribution < -0.4 is 0 Å². The molecule has 1 aromatic carbocycles. The lowest BCUT2D eigenvalue weighted by Gasteiger charge is -2.27. The van der Waals surface area contributed by atoms with E-state index in [-0.39, 0.29) is 23.6 Å². The van der Waals surface area contributed by atoms with Gasteiger partial charge >= 0.3 is 5.97 Å². The van der Waals surface area contributed by atoms with Crippen LogP contribution in [0.3, 0.4) is 0 Å². The molecule has 1 N–H and O–H groups in total. The molecule has 2 rings (SSSR count). The van der Waals surface area contributed by atoms with Gasteiger partial charge in [-0.15, -0.1) is 6.58 Å². The lowest BCUT2D eigenvalue weighted by Crippen LogP contribution is -2.43. The van der Waals surface area contributed by atoms with Gasteiger partial charge in [0.1, 0.15) is 11.5 Å². The van der Waals surface area contributed by atoms with Gasteiger partial charge in [0.15, 0.2) is 5.78 Å². The van der Waals surface area contributed by atoms with Crippen molar-refractivity contribution in [3.63, 3.8) is 0 Å². The van der Waals surface area contributed by atoms with Crippen LogP contribution in [0.1, 0.15) is 49.4 Å². The quantitative estimate of drug-likeness (QED) is 0.449. The topological polar surface area (TPSA) is 79.5 Å². The lowest BCUT2D eigenvalue weighted by molar-refractivity contribution is 0.0593. The zero-order valence-corrected chi connectivity index (χ0v) is 16.3. The van der Waals surface area contributed by atoms with E-state index in [2.05, 4.69) is 11.6 Å². The number of aromatic amines is 1. The minimum absolute atomic E-state index is 0.134. The fourth-order valence-corrected chi connectivity index (χ4v) is 3.09. The van der Waals surface area contributed by atoms with Crippen molar-refractivity contribution in [3.8, 4) is 0 Å². The number of aryl methyl sites for hydroxylation is 1. The predicted octanol–water partition coefficient (Wildman–Crippen LogP) is 3.46. The van der Waals surface area contributed by atoms with Gasteiger partial charge in [-0.25, -0.2) is 9.18 Å². The van der Waals surface area contributed by atoms with E-state index < -0.39 is 23.7 Å². The summed E-state index contributed by atoms with van der Waals surface area (Å²) in [4.78, 5) is 42.1. The van der Waals surface area contributed by atoms with Gasteiger partial charge in [0.2, 0.25) is 0 Å². The number of H-pyrrole nitrogens is 1. The van der Waals surface area contributed by atoms with Crippen LogP contribution in [0, 0.1) is 19.7 Å². The van der Waals surface area contributed by atoms with E-state index in [1.54, 1.807) is 20.8 Å². The Kier molecular flexibility index (Phi) is 6.51. The number of hydrogen-bond acceptors (Lipinski definition) is 4. The Morgan fingerprint density at radius 2 is 1.86 bits per heavy atom. The van der Waals surface area contributed by atoms with Gasteiger partial charge in [0.25, 0.3) is 5.91 Å². The zero-order valence-electron chi connectivity index (χ0n) is 16.3. The molecular weight excluding hydrogens is 363 g/mol. The molecule has 0 spiro atoms. The Bertz CT molecular complexity index is 915. The van der Waals surface area contributed by atoms with Crippen LogP contribution in [0.4, 0.5) is 4.39 Å². The molecule has 1 heterocycles. The van der Waals surface area contributed by atoms with Gasteiger partial charge in [0, 0.05) is 23.4 Å². The van der Waals surface area contributed by atoms with Gasteiger partial charge in [-0.05, 0) is 50.6 Å². The molecule has 2 aromatic rings. The van der Waals surface area contributed by atoms with Crippen molar-refractivity contribution in [1.29, 1.82) is 0 Å². The van der Waals surface area contributed by atoms with Gasteiger partial charge in [-0.1, -0.05) is 6.08 Å². The molecule has 0 aliphatic rings. The van der Waals surface area contributed by atoms with E-state index in [1.807, 2.05) is 0 Å². The van der Waals surface area contributed by atoms with Crippen molar-refractivity contribution >= 4 is 17.7 Å². The Labute approximate surface area is 163 Å². The van der Waals surface area contributed by atoms with Crippen molar-refractivity contribution in [2.45, 2.75) is 26.8 Å². The molecule has 1 aromatic heterocycles. The standard InChI is InChI=1S/C21H23FN2O4/c1-6-11-24(20(26)15-7-9-16(22)10-8-15)14(4)19(25)17-12(2)18(21(27)28-5)23-13(17)3/h6-10,14,23H,1,11H2,2-5H3. The summed E-state index contributed by atoms with van der Waals surface area (Å²) in [6.45, 7) is 8.72. The summed E-state index contributed by atoms with van der Waals surface area (Å²) in [7, 11) is 1.26. The summed E-state index contributed by atoms with van der Waals surface area (Å²) in [6, 6.07) is 4.29. The maximum absolute atomic E-state index is 13.2. The first-order valence-corrected chi connectivity index (χ1v) is 8.72. The molecule has 0 bridgehead atoms. The summed E-state index contributed by atoms with van der Waals surface area (Å²) in [5, 5.41) is 0. The third kappa shape index (κ3) is 4.03. The molecule has 148 valence electrons. The Morgan fingerprint density at radius 1 is 1.25 bits per heavy atom. The Balaban J connectivity index is 2.39. The molecule has 0 saturated heterocycles. The number of ether oxygens (including phenoxy) is 1. The number of Topliss-reactive ketones (excluding diaryl/α,β-unsaturated/α-hetero) is 1. The first-order valence-electron chi connectivity index (χ1n) is 8.72. The number of rotatable bonds is 7. The Hall–Kier alpha value is -3.22. The van der Waals surface area contributed by atoms with Crippen molar-refractivity contribution in [1.82, 2.24) is 9.88 Å². The van der Waals surface area contributed by atoms with Gasteiger partial charge in [-0.2, -0.15) is 0 Å². The first kappa shape index (κ1) is 21.1. The SMILES string of the molecule is C=CCN(C(=O)c1ccc(F)cc1)C(C)C(=O)c1c(C)[nH]c(C(=O)OC)c1C. The highest BCUT2D eigenvalue weighted by Crippen LogP contribution is 2.22. The molecule has 1 unspecified atom stereocenters. The van der Waals surface area contributed by atoms with E-state index in [1.165, 1.54) is 42.4 Å². The number of halogens is 1. The van der Waals surface area contributed by atoms with Crippen LogP contribution in [0.25, 0.3) is 0 Å². The number of hydrogen-bond donors (Lipinski definition) is 1. The van der Waals surface area contributed by atoms with Crippen molar-refractivity contribution < 1.29 is 23.5 Å². The van der Waals surface area contributed by atoms with Crippen LogP contribution >= 0.6 is 0 Å². The molecule has 0 aliphatic carbocycles. The molecule has 0 fully saturated rings. The second-order valence-corrected chi connectivity index (χ2v) is 6.41. The predicted molar refractivity (Wildman–Crippen MR) is 103 cm³/mol. The summed E-state index contributed by atoms with van der Waals surface area (Å²) < 4.78 is 17.9. The minimum atomic E-state index is -0.825. The minimum Gasteiger partial charge on any atom is -0.464 e. The highest BCUT2D eigenvalue weighted by Gasteiger charge is 2.31. The van der Waals surface area contributed by atoms with Crippen LogP contribution in [-0.2, 0) is 4.74 Å². The highest BCUT2D eigenvalue weighted by atomic mass is 19.1. The maximum atomic E-state index is 13.2. The number of amides is 1. The largest absolute Gasteiger partial charge is 0.464 e. The molecule has 1 atom stereocenters. The molecule has 0 radical (unpaired) electrons. The molecule has 6 nitrogen and oxygen atoms in total. The average Bonchev–Trinajstić information content (AvgIpc) is 2.98. The summed E-state index contributed by atoms with van der Waals surface area (Å²) in [5.41, 5.74) is 1.79.